The van der Waals surface area contributed by atoms with Crippen molar-refractivity contribution in [1.82, 2.24) is 0 Å². The van der Waals surface area contributed by atoms with Crippen LogP contribution in [-0.2, 0) is 40.2 Å². The molecule has 0 spiro atoms. The molecule has 0 saturated carbocycles. The van der Waals surface area contributed by atoms with Gasteiger partial charge in [0, 0.05) is 0 Å². The van der Waals surface area contributed by atoms with Gasteiger partial charge in [-0.1, -0.05) is 70.7 Å². The average molecular weight is 451 g/mol. The van der Waals surface area contributed by atoms with Crippen molar-refractivity contribution in [3.63, 3.8) is 0 Å². The van der Waals surface area contributed by atoms with Crippen LogP contribution in [-0.4, -0.2) is 16.6 Å². The van der Waals surface area contributed by atoms with Gasteiger partial charge in [-0.2, -0.15) is 9.78 Å². The second-order valence-corrected chi connectivity index (χ2v) is 18.3. The first-order chi connectivity index (χ1) is 13.9. The van der Waals surface area contributed by atoms with Crippen LogP contribution in [0.2, 0.25) is 39.3 Å². The van der Waals surface area contributed by atoms with Gasteiger partial charge in [0.05, 0.1) is 0 Å². The number of benzene rings is 2. The maximum Gasteiger partial charge on any atom is 0.234 e. The van der Waals surface area contributed by atoms with Crippen LogP contribution in [0, 0.1) is 0 Å². The Morgan fingerprint density at radius 2 is 0.833 bits per heavy atom. The van der Waals surface area contributed by atoms with E-state index in [1.54, 1.807) is 0 Å². The molecular formula is C22H34O6Si2. The Balaban J connectivity index is 2.48. The fourth-order valence-electron chi connectivity index (χ4n) is 2.69. The van der Waals surface area contributed by atoms with E-state index in [9.17, 15) is 0 Å². The molecule has 2 aromatic rings. The molecule has 166 valence electrons. The van der Waals surface area contributed by atoms with Crippen LogP contribution in [0.25, 0.3) is 0 Å². The molecule has 2 unspecified atom stereocenters. The lowest BCUT2D eigenvalue weighted by molar-refractivity contribution is -0.574. The molecule has 0 aliphatic heterocycles. The fourth-order valence-corrected chi connectivity index (χ4v) is 3.17. The van der Waals surface area contributed by atoms with Gasteiger partial charge in [-0.15, -0.1) is 0 Å². The first kappa shape index (κ1) is 24.9. The Morgan fingerprint density at radius 3 is 1.10 bits per heavy atom. The third-order valence-electron chi connectivity index (χ3n) is 4.53. The van der Waals surface area contributed by atoms with Gasteiger partial charge >= 0.3 is 0 Å². The molecule has 2 aromatic carbocycles. The Labute approximate surface area is 182 Å². The standard InChI is InChI=1S/C22H34O6Si2/c1-21(19-15-11-9-12-16-19,23-25-27-29(3,4)5)22(2,20-17-13-10-14-18-20)24-26-28-30(6,7)8/h9-18H,1-8H3. The fraction of sp³-hybridized carbons (Fsp3) is 0.455. The summed E-state index contributed by atoms with van der Waals surface area (Å²) in [5, 5.41) is 10.7. The molecule has 0 radical (unpaired) electrons. The molecule has 0 aromatic heterocycles. The first-order valence-corrected chi connectivity index (χ1v) is 16.9. The van der Waals surface area contributed by atoms with Crippen molar-refractivity contribution in [2.45, 2.75) is 64.3 Å². The summed E-state index contributed by atoms with van der Waals surface area (Å²) in [6, 6.07) is 19.4. The molecule has 0 bridgehead atoms. The molecule has 6 nitrogen and oxygen atoms in total. The second kappa shape index (κ2) is 9.84. The summed E-state index contributed by atoms with van der Waals surface area (Å²) in [4.78, 5) is 11.9. The molecule has 30 heavy (non-hydrogen) atoms. The molecule has 0 aliphatic rings. The zero-order valence-corrected chi connectivity index (χ0v) is 21.2. The van der Waals surface area contributed by atoms with Gasteiger partial charge in [-0.3, -0.25) is 9.15 Å². The van der Waals surface area contributed by atoms with Crippen LogP contribution in [0.3, 0.4) is 0 Å². The van der Waals surface area contributed by atoms with E-state index >= 15 is 0 Å². The van der Waals surface area contributed by atoms with E-state index < -0.39 is 27.8 Å². The smallest absolute Gasteiger partial charge is 0.234 e. The van der Waals surface area contributed by atoms with E-state index in [-0.39, 0.29) is 0 Å². The predicted molar refractivity (Wildman–Crippen MR) is 121 cm³/mol. The zero-order chi connectivity index (χ0) is 22.5. The summed E-state index contributed by atoms with van der Waals surface area (Å²) >= 11 is 0. The lowest BCUT2D eigenvalue weighted by Gasteiger charge is -2.43. The summed E-state index contributed by atoms with van der Waals surface area (Å²) in [5.74, 6) is 0. The van der Waals surface area contributed by atoms with E-state index in [4.69, 9.17) is 29.0 Å². The number of rotatable bonds is 11. The minimum Gasteiger partial charge on any atom is -0.257 e. The third kappa shape index (κ3) is 6.56. The molecule has 0 heterocycles. The summed E-state index contributed by atoms with van der Waals surface area (Å²) in [6.45, 7) is 15.8. The predicted octanol–water partition coefficient (Wildman–Crippen LogP) is 6.25. The van der Waals surface area contributed by atoms with Gasteiger partial charge in [0.15, 0.2) is 11.2 Å². The van der Waals surface area contributed by atoms with Crippen molar-refractivity contribution in [3.05, 3.63) is 71.8 Å². The van der Waals surface area contributed by atoms with Gasteiger partial charge in [0.25, 0.3) is 0 Å². The number of hydrogen-bond acceptors (Lipinski definition) is 6. The van der Waals surface area contributed by atoms with E-state index in [0.29, 0.717) is 0 Å². The highest BCUT2D eigenvalue weighted by atomic mass is 28.4. The van der Waals surface area contributed by atoms with Crippen molar-refractivity contribution < 1.29 is 29.0 Å². The molecule has 2 rings (SSSR count). The Kier molecular flexibility index (Phi) is 8.17. The van der Waals surface area contributed by atoms with Crippen molar-refractivity contribution in [2.24, 2.45) is 0 Å². The lowest BCUT2D eigenvalue weighted by atomic mass is 9.76. The van der Waals surface area contributed by atoms with Crippen LogP contribution in [0.4, 0.5) is 0 Å². The van der Waals surface area contributed by atoms with Crippen LogP contribution < -0.4 is 0 Å². The zero-order valence-electron chi connectivity index (χ0n) is 19.2. The maximum atomic E-state index is 5.96. The second-order valence-electron chi connectivity index (χ2n) is 9.49. The van der Waals surface area contributed by atoms with Gasteiger partial charge < -0.3 is 0 Å². The first-order valence-electron chi connectivity index (χ1n) is 10.1. The molecule has 0 fully saturated rings. The normalized spacial score (nSPS) is 16.7. The minimum atomic E-state index is -1.98. The highest BCUT2D eigenvalue weighted by molar-refractivity contribution is 6.69. The molecule has 0 saturated heterocycles. The van der Waals surface area contributed by atoms with Crippen molar-refractivity contribution in [3.8, 4) is 0 Å². The molecule has 0 amide bonds. The van der Waals surface area contributed by atoms with E-state index in [2.05, 4.69) is 0 Å². The van der Waals surface area contributed by atoms with Crippen molar-refractivity contribution in [2.75, 3.05) is 0 Å². The summed E-state index contributed by atoms with van der Waals surface area (Å²) in [5.41, 5.74) is -0.630. The van der Waals surface area contributed by atoms with E-state index in [0.717, 1.165) is 11.1 Å². The minimum absolute atomic E-state index is 0.826. The lowest BCUT2D eigenvalue weighted by Crippen LogP contribution is -2.50. The summed E-state index contributed by atoms with van der Waals surface area (Å²) in [6.07, 6.45) is 0. The van der Waals surface area contributed by atoms with Gasteiger partial charge in [0.2, 0.25) is 16.6 Å². The van der Waals surface area contributed by atoms with E-state index in [1.165, 1.54) is 0 Å². The van der Waals surface area contributed by atoms with Crippen LogP contribution in [0.15, 0.2) is 60.7 Å². The Bertz CT molecular complexity index is 708. The summed E-state index contributed by atoms with van der Waals surface area (Å²) < 4.78 is 11.1. The third-order valence-corrected chi connectivity index (χ3v) is 5.67. The van der Waals surface area contributed by atoms with Crippen LogP contribution in [0.5, 0.6) is 0 Å². The van der Waals surface area contributed by atoms with E-state index in [1.807, 2.05) is 114 Å². The van der Waals surface area contributed by atoms with Crippen molar-refractivity contribution in [1.29, 1.82) is 0 Å². The average Bonchev–Trinajstić information content (AvgIpc) is 2.67. The Morgan fingerprint density at radius 1 is 0.533 bits per heavy atom. The number of hydrogen-bond donors (Lipinski definition) is 0. The highest BCUT2D eigenvalue weighted by Crippen LogP contribution is 2.46. The molecule has 0 N–H and O–H groups in total. The van der Waals surface area contributed by atoms with Crippen molar-refractivity contribution >= 4 is 16.6 Å². The largest absolute Gasteiger partial charge is 0.257 e. The Hall–Kier alpha value is -1.37. The van der Waals surface area contributed by atoms with Gasteiger partial charge in [-0.25, -0.2) is 0 Å². The molecule has 0 aliphatic carbocycles. The molecule has 2 atom stereocenters. The van der Waals surface area contributed by atoms with Crippen LogP contribution in [0.1, 0.15) is 25.0 Å². The quantitative estimate of drug-likeness (QED) is 0.229. The molecule has 8 heteroatoms. The van der Waals surface area contributed by atoms with Crippen LogP contribution >= 0.6 is 0 Å². The maximum absolute atomic E-state index is 5.96. The highest BCUT2D eigenvalue weighted by Gasteiger charge is 2.53. The topological polar surface area (TPSA) is 55.4 Å². The monoisotopic (exact) mass is 450 g/mol. The SMILES string of the molecule is CC(OOO[Si](C)(C)C)(c1ccccc1)C(C)(OOO[Si](C)(C)C)c1ccccc1. The summed E-state index contributed by atoms with van der Waals surface area (Å²) in [7, 11) is -3.97. The molecular weight excluding hydrogens is 416 g/mol. The van der Waals surface area contributed by atoms with Gasteiger partial charge in [-0.05, 0) is 64.3 Å². The van der Waals surface area contributed by atoms with Gasteiger partial charge in [0.1, 0.15) is 0 Å².